The van der Waals surface area contributed by atoms with Gasteiger partial charge < -0.3 is 5.32 Å². The van der Waals surface area contributed by atoms with Gasteiger partial charge in [0, 0.05) is 10.5 Å². The van der Waals surface area contributed by atoms with Crippen LogP contribution in [0.2, 0.25) is 10.0 Å². The molecule has 1 N–H and O–H groups in total. The Morgan fingerprint density at radius 1 is 1.06 bits per heavy atom. The summed E-state index contributed by atoms with van der Waals surface area (Å²) in [5.41, 5.74) is 0.903. The van der Waals surface area contributed by atoms with E-state index in [0.29, 0.717) is 16.1 Å². The molecule has 2 aliphatic carbocycles. The summed E-state index contributed by atoms with van der Waals surface area (Å²) in [5.74, 6) is 1.66. The van der Waals surface area contributed by atoms with E-state index in [9.17, 15) is 0 Å². The van der Waals surface area contributed by atoms with Gasteiger partial charge in [-0.25, -0.2) is 0 Å². The van der Waals surface area contributed by atoms with Crippen molar-refractivity contribution in [3.05, 3.63) is 26.7 Å². The smallest absolute Gasteiger partial charge is 0.0722 e. The monoisotopic (exact) mass is 333 g/mol. The molecule has 0 atom stereocenters. The van der Waals surface area contributed by atoms with E-state index in [-0.39, 0.29) is 0 Å². The standard InChI is InChI=1S/C13H14BrCl2N/c14-9-5-10(15)13(11(16)6-9)17-12(7-1-2-7)8-3-4-8/h5-8,12,17H,1-4H2. The number of anilines is 1. The van der Waals surface area contributed by atoms with Crippen LogP contribution in [0.25, 0.3) is 0 Å². The molecule has 2 fully saturated rings. The molecule has 0 bridgehead atoms. The molecule has 0 heterocycles. The summed E-state index contributed by atoms with van der Waals surface area (Å²) >= 11 is 15.9. The molecule has 0 spiro atoms. The number of benzene rings is 1. The number of nitrogens with one attached hydrogen (secondary N) is 1. The molecule has 3 rings (SSSR count). The summed E-state index contributed by atoms with van der Waals surface area (Å²) in [7, 11) is 0. The summed E-state index contributed by atoms with van der Waals surface area (Å²) in [4.78, 5) is 0. The van der Waals surface area contributed by atoms with Crippen molar-refractivity contribution in [2.45, 2.75) is 31.7 Å². The Hall–Kier alpha value is 0.0800. The molecule has 92 valence electrons. The molecule has 0 radical (unpaired) electrons. The van der Waals surface area contributed by atoms with Gasteiger partial charge in [0.15, 0.2) is 0 Å². The normalized spacial score (nSPS) is 19.8. The molecule has 2 aliphatic rings. The van der Waals surface area contributed by atoms with Crippen LogP contribution in [0.1, 0.15) is 25.7 Å². The quantitative estimate of drug-likeness (QED) is 0.781. The Balaban J connectivity index is 1.83. The second kappa shape index (κ2) is 4.64. The van der Waals surface area contributed by atoms with E-state index >= 15 is 0 Å². The van der Waals surface area contributed by atoms with Gasteiger partial charge in [0.1, 0.15) is 0 Å². The minimum Gasteiger partial charge on any atom is -0.379 e. The van der Waals surface area contributed by atoms with Crippen molar-refractivity contribution in [3.8, 4) is 0 Å². The van der Waals surface area contributed by atoms with E-state index in [1.807, 2.05) is 12.1 Å². The molecule has 0 unspecified atom stereocenters. The third kappa shape index (κ3) is 2.74. The van der Waals surface area contributed by atoms with Crippen molar-refractivity contribution in [2.24, 2.45) is 11.8 Å². The fraction of sp³-hybridized carbons (Fsp3) is 0.538. The highest BCUT2D eigenvalue weighted by Crippen LogP contribution is 2.47. The van der Waals surface area contributed by atoms with E-state index in [4.69, 9.17) is 23.2 Å². The Kier molecular flexibility index (Phi) is 3.31. The van der Waals surface area contributed by atoms with Crippen molar-refractivity contribution in [2.75, 3.05) is 5.32 Å². The first-order valence-corrected chi connectivity index (χ1v) is 7.61. The molecular weight excluding hydrogens is 321 g/mol. The van der Waals surface area contributed by atoms with Gasteiger partial charge in [-0.15, -0.1) is 0 Å². The fourth-order valence-electron chi connectivity index (χ4n) is 2.38. The SMILES string of the molecule is Clc1cc(Br)cc(Cl)c1NC(C1CC1)C1CC1. The first kappa shape index (κ1) is 12.1. The zero-order valence-corrected chi connectivity index (χ0v) is 12.4. The van der Waals surface area contributed by atoms with Crippen molar-refractivity contribution in [1.29, 1.82) is 0 Å². The van der Waals surface area contributed by atoms with Gasteiger partial charge in [-0.05, 0) is 49.7 Å². The second-order valence-corrected chi connectivity index (χ2v) is 6.82. The lowest BCUT2D eigenvalue weighted by Gasteiger charge is -2.21. The predicted molar refractivity (Wildman–Crippen MR) is 77.0 cm³/mol. The number of halogens is 3. The molecule has 1 nitrogen and oxygen atoms in total. The van der Waals surface area contributed by atoms with Crippen molar-refractivity contribution in [1.82, 2.24) is 0 Å². The Bertz CT molecular complexity index is 406. The average molecular weight is 335 g/mol. The van der Waals surface area contributed by atoms with E-state index < -0.39 is 0 Å². The highest BCUT2D eigenvalue weighted by Gasteiger charge is 2.41. The Labute approximate surface area is 120 Å². The predicted octanol–water partition coefficient (Wildman–Crippen LogP) is 5.36. The number of hydrogen-bond acceptors (Lipinski definition) is 1. The summed E-state index contributed by atoms with van der Waals surface area (Å²) in [6, 6.07) is 4.37. The average Bonchev–Trinajstić information content (AvgIpc) is 3.12. The van der Waals surface area contributed by atoms with E-state index in [2.05, 4.69) is 21.2 Å². The second-order valence-electron chi connectivity index (χ2n) is 5.09. The van der Waals surface area contributed by atoms with Crippen LogP contribution in [0.4, 0.5) is 5.69 Å². The van der Waals surface area contributed by atoms with Gasteiger partial charge in [-0.3, -0.25) is 0 Å². The molecule has 0 aromatic heterocycles. The maximum atomic E-state index is 6.25. The zero-order chi connectivity index (χ0) is 12.0. The Morgan fingerprint density at radius 2 is 1.53 bits per heavy atom. The maximum Gasteiger partial charge on any atom is 0.0722 e. The summed E-state index contributed by atoms with van der Waals surface area (Å²) in [6.07, 6.45) is 5.39. The van der Waals surface area contributed by atoms with Gasteiger partial charge in [0.05, 0.1) is 15.7 Å². The van der Waals surface area contributed by atoms with E-state index in [1.54, 1.807) is 0 Å². The van der Waals surface area contributed by atoms with Crippen LogP contribution in [0.15, 0.2) is 16.6 Å². The van der Waals surface area contributed by atoms with E-state index in [0.717, 1.165) is 22.0 Å². The zero-order valence-electron chi connectivity index (χ0n) is 9.35. The lowest BCUT2D eigenvalue weighted by Crippen LogP contribution is -2.24. The number of rotatable bonds is 4. The highest BCUT2D eigenvalue weighted by molar-refractivity contribution is 9.10. The van der Waals surface area contributed by atoms with Crippen LogP contribution >= 0.6 is 39.1 Å². The first-order chi connectivity index (χ1) is 8.15. The topological polar surface area (TPSA) is 12.0 Å². The lowest BCUT2D eigenvalue weighted by molar-refractivity contribution is 0.568. The van der Waals surface area contributed by atoms with Gasteiger partial charge in [0.2, 0.25) is 0 Å². The third-order valence-corrected chi connectivity index (χ3v) is 4.63. The van der Waals surface area contributed by atoms with Crippen molar-refractivity contribution < 1.29 is 0 Å². The Morgan fingerprint density at radius 3 is 1.94 bits per heavy atom. The van der Waals surface area contributed by atoms with Crippen LogP contribution in [-0.4, -0.2) is 6.04 Å². The van der Waals surface area contributed by atoms with Crippen LogP contribution in [0, 0.1) is 11.8 Å². The minimum atomic E-state index is 0.575. The summed E-state index contributed by atoms with van der Waals surface area (Å²) in [5, 5.41) is 4.99. The third-order valence-electron chi connectivity index (χ3n) is 3.58. The molecule has 4 heteroatoms. The molecule has 0 amide bonds. The van der Waals surface area contributed by atoms with Crippen LogP contribution in [-0.2, 0) is 0 Å². The highest BCUT2D eigenvalue weighted by atomic mass is 79.9. The van der Waals surface area contributed by atoms with Gasteiger partial charge in [-0.1, -0.05) is 39.1 Å². The largest absolute Gasteiger partial charge is 0.379 e. The van der Waals surface area contributed by atoms with Gasteiger partial charge in [-0.2, -0.15) is 0 Å². The minimum absolute atomic E-state index is 0.575. The lowest BCUT2D eigenvalue weighted by atomic mass is 10.1. The molecule has 1 aromatic carbocycles. The molecule has 1 aromatic rings. The molecule has 0 saturated heterocycles. The van der Waals surface area contributed by atoms with Crippen molar-refractivity contribution >= 4 is 44.8 Å². The van der Waals surface area contributed by atoms with Gasteiger partial charge >= 0.3 is 0 Å². The molecule has 2 saturated carbocycles. The number of hydrogen-bond donors (Lipinski definition) is 1. The van der Waals surface area contributed by atoms with Gasteiger partial charge in [0.25, 0.3) is 0 Å². The molecule has 17 heavy (non-hydrogen) atoms. The molecular formula is C13H14BrCl2N. The summed E-state index contributed by atoms with van der Waals surface area (Å²) in [6.45, 7) is 0. The fourth-order valence-corrected chi connectivity index (χ4v) is 3.70. The van der Waals surface area contributed by atoms with Crippen LogP contribution < -0.4 is 5.32 Å². The summed E-state index contributed by atoms with van der Waals surface area (Å²) < 4.78 is 0.924. The maximum absolute atomic E-state index is 6.25. The van der Waals surface area contributed by atoms with Crippen LogP contribution in [0.5, 0.6) is 0 Å². The first-order valence-electron chi connectivity index (χ1n) is 6.06. The van der Waals surface area contributed by atoms with Crippen LogP contribution in [0.3, 0.4) is 0 Å². The molecule has 0 aliphatic heterocycles. The van der Waals surface area contributed by atoms with E-state index in [1.165, 1.54) is 25.7 Å². The van der Waals surface area contributed by atoms with Crippen molar-refractivity contribution in [3.63, 3.8) is 0 Å².